The number of tetrazole rings is 1. The van der Waals surface area contributed by atoms with Crippen LogP contribution in [-0.4, -0.2) is 55.5 Å². The highest BCUT2D eigenvalue weighted by Gasteiger charge is 2.20. The molecule has 0 aliphatic carbocycles. The van der Waals surface area contributed by atoms with Crippen LogP contribution in [0.2, 0.25) is 0 Å². The van der Waals surface area contributed by atoms with Crippen molar-refractivity contribution in [3.05, 3.63) is 65.2 Å². The Balaban J connectivity index is 1.67. The number of carbonyl (C=O) groups excluding carboxylic acids is 2. The van der Waals surface area contributed by atoms with Crippen LogP contribution in [-0.2, 0) is 13.6 Å². The first-order valence-electron chi connectivity index (χ1n) is 10.7. The number of nitrogens with zero attached hydrogens (tertiary/aromatic N) is 5. The lowest BCUT2D eigenvalue weighted by atomic mass is 10.0. The maximum absolute atomic E-state index is 12.8. The average Bonchev–Trinajstić information content (AvgIpc) is 3.25. The number of nitrogens with one attached hydrogen (secondary N) is 1. The van der Waals surface area contributed by atoms with Gasteiger partial charge in [-0.1, -0.05) is 42.0 Å². The smallest absolute Gasteiger partial charge is 0.289 e. The number of amides is 2. The van der Waals surface area contributed by atoms with Gasteiger partial charge in [0.05, 0.1) is 5.56 Å². The molecule has 0 saturated heterocycles. The van der Waals surface area contributed by atoms with Gasteiger partial charge in [0, 0.05) is 55.8 Å². The number of fused-ring (bicyclic) bond motifs is 1. The number of aromatic hydroxyl groups is 1. The molecule has 0 saturated carbocycles. The molecule has 11 heteroatoms. The van der Waals surface area contributed by atoms with Crippen molar-refractivity contribution in [3.63, 3.8) is 0 Å². The Morgan fingerprint density at radius 2 is 1.89 bits per heavy atom. The molecule has 35 heavy (non-hydrogen) atoms. The standard InChI is InChI=1S/C24H24N6O4S/c1-14-9-10-19(15(11-14)13-29(3)24(33)35-23-26-27-28-30(23)4)34-20-12-18(22(32)25-2)21(31)17-8-6-5-7-16(17)20/h5-12,31H,13H2,1-4H3,(H,25,32). The molecule has 4 aromatic rings. The van der Waals surface area contributed by atoms with E-state index in [-0.39, 0.29) is 23.1 Å². The number of thioether (sulfide) groups is 1. The number of carbonyl (C=O) groups is 2. The minimum absolute atomic E-state index is 0.107. The van der Waals surface area contributed by atoms with Crippen LogP contribution in [0, 0.1) is 6.92 Å². The fourth-order valence-electron chi connectivity index (χ4n) is 3.55. The van der Waals surface area contributed by atoms with E-state index < -0.39 is 5.91 Å². The Labute approximate surface area is 205 Å². The first kappa shape index (κ1) is 24.0. The molecular weight excluding hydrogens is 468 g/mol. The largest absolute Gasteiger partial charge is 0.506 e. The summed E-state index contributed by atoms with van der Waals surface area (Å²) >= 11 is 0.930. The van der Waals surface area contributed by atoms with Crippen LogP contribution in [0.3, 0.4) is 0 Å². The molecule has 2 N–H and O–H groups in total. The minimum Gasteiger partial charge on any atom is -0.506 e. The molecule has 0 fully saturated rings. The fraction of sp³-hybridized carbons (Fsp3) is 0.208. The number of phenolic OH excluding ortho intramolecular Hbond substituents is 1. The van der Waals surface area contributed by atoms with Crippen molar-refractivity contribution in [2.45, 2.75) is 18.6 Å². The number of benzene rings is 3. The lowest BCUT2D eigenvalue weighted by Crippen LogP contribution is -2.22. The number of aromatic nitrogens is 4. The van der Waals surface area contributed by atoms with Crippen molar-refractivity contribution in [2.24, 2.45) is 7.05 Å². The van der Waals surface area contributed by atoms with Crippen molar-refractivity contribution in [2.75, 3.05) is 14.1 Å². The van der Waals surface area contributed by atoms with Gasteiger partial charge < -0.3 is 20.1 Å². The van der Waals surface area contributed by atoms with Gasteiger partial charge in [0.15, 0.2) is 0 Å². The van der Waals surface area contributed by atoms with Gasteiger partial charge in [-0.05, 0) is 29.5 Å². The molecule has 2 amide bonds. The van der Waals surface area contributed by atoms with E-state index >= 15 is 0 Å². The zero-order chi connectivity index (χ0) is 25.1. The van der Waals surface area contributed by atoms with Crippen LogP contribution < -0.4 is 10.1 Å². The first-order chi connectivity index (χ1) is 16.8. The molecule has 0 unspecified atom stereocenters. The lowest BCUT2D eigenvalue weighted by Gasteiger charge is -2.20. The second-order valence-corrected chi connectivity index (χ2v) is 8.84. The fourth-order valence-corrected chi connectivity index (χ4v) is 4.18. The van der Waals surface area contributed by atoms with E-state index in [2.05, 4.69) is 20.8 Å². The normalized spacial score (nSPS) is 10.9. The molecule has 1 aromatic heterocycles. The third kappa shape index (κ3) is 5.04. The third-order valence-electron chi connectivity index (χ3n) is 5.36. The summed E-state index contributed by atoms with van der Waals surface area (Å²) in [7, 11) is 4.85. The summed E-state index contributed by atoms with van der Waals surface area (Å²) in [6, 6.07) is 14.3. The van der Waals surface area contributed by atoms with Gasteiger partial charge >= 0.3 is 0 Å². The van der Waals surface area contributed by atoms with Gasteiger partial charge in [0.2, 0.25) is 5.16 Å². The Hall–Kier alpha value is -4.12. The Bertz CT molecular complexity index is 1420. The molecule has 0 radical (unpaired) electrons. The molecule has 0 aliphatic heterocycles. The second-order valence-electron chi connectivity index (χ2n) is 7.92. The number of ether oxygens (including phenoxy) is 1. The molecular formula is C24H24N6O4S. The van der Waals surface area contributed by atoms with E-state index in [0.717, 1.165) is 22.9 Å². The van der Waals surface area contributed by atoms with Crippen molar-refractivity contribution in [1.82, 2.24) is 30.4 Å². The van der Waals surface area contributed by atoms with Crippen molar-refractivity contribution in [1.29, 1.82) is 0 Å². The summed E-state index contributed by atoms with van der Waals surface area (Å²) < 4.78 is 7.73. The maximum Gasteiger partial charge on any atom is 0.289 e. The predicted octanol–water partition coefficient (Wildman–Crippen LogP) is 3.87. The molecule has 4 rings (SSSR count). The number of rotatable bonds is 6. The number of aryl methyl sites for hydroxylation is 2. The van der Waals surface area contributed by atoms with E-state index in [4.69, 9.17) is 4.74 Å². The molecule has 0 aliphatic rings. The predicted molar refractivity (Wildman–Crippen MR) is 132 cm³/mol. The highest BCUT2D eigenvalue weighted by Crippen LogP contribution is 2.39. The molecule has 0 spiro atoms. The minimum atomic E-state index is -0.428. The zero-order valence-corrected chi connectivity index (χ0v) is 20.5. The Morgan fingerprint density at radius 3 is 2.57 bits per heavy atom. The molecule has 0 atom stereocenters. The quantitative estimate of drug-likeness (QED) is 0.389. The number of hydrogen-bond donors (Lipinski definition) is 2. The summed E-state index contributed by atoms with van der Waals surface area (Å²) in [5, 5.41) is 25.6. The van der Waals surface area contributed by atoms with Crippen molar-refractivity contribution < 1.29 is 19.4 Å². The molecule has 3 aromatic carbocycles. The number of hydrogen-bond acceptors (Lipinski definition) is 8. The summed E-state index contributed by atoms with van der Waals surface area (Å²) in [6.07, 6.45) is 0. The zero-order valence-electron chi connectivity index (χ0n) is 19.6. The van der Waals surface area contributed by atoms with Gasteiger partial charge in [-0.15, -0.1) is 5.10 Å². The van der Waals surface area contributed by atoms with E-state index in [1.807, 2.05) is 37.3 Å². The summed E-state index contributed by atoms with van der Waals surface area (Å²) in [5.41, 5.74) is 1.88. The molecule has 1 heterocycles. The summed E-state index contributed by atoms with van der Waals surface area (Å²) in [4.78, 5) is 26.7. The van der Waals surface area contributed by atoms with Crippen LogP contribution >= 0.6 is 11.8 Å². The molecule has 0 bridgehead atoms. The highest BCUT2D eigenvalue weighted by atomic mass is 32.2. The van der Waals surface area contributed by atoms with Crippen LogP contribution in [0.15, 0.2) is 53.7 Å². The highest BCUT2D eigenvalue weighted by molar-refractivity contribution is 8.13. The van der Waals surface area contributed by atoms with E-state index in [1.54, 1.807) is 31.1 Å². The lowest BCUT2D eigenvalue weighted by molar-refractivity contribution is 0.0960. The van der Waals surface area contributed by atoms with Crippen molar-refractivity contribution >= 4 is 33.7 Å². The number of phenols is 1. The Kier molecular flexibility index (Phi) is 6.87. The van der Waals surface area contributed by atoms with Gasteiger partial charge in [-0.2, -0.15) is 0 Å². The average molecular weight is 493 g/mol. The van der Waals surface area contributed by atoms with E-state index in [1.165, 1.54) is 17.8 Å². The molecule has 10 nitrogen and oxygen atoms in total. The topological polar surface area (TPSA) is 122 Å². The third-order valence-corrected chi connectivity index (χ3v) is 6.38. The molecule has 180 valence electrons. The van der Waals surface area contributed by atoms with Crippen LogP contribution in [0.4, 0.5) is 4.79 Å². The van der Waals surface area contributed by atoms with Gasteiger partial charge in [0.25, 0.3) is 11.1 Å². The van der Waals surface area contributed by atoms with Crippen molar-refractivity contribution in [3.8, 4) is 17.2 Å². The van der Waals surface area contributed by atoms with Gasteiger partial charge in [-0.25, -0.2) is 4.68 Å². The summed E-state index contributed by atoms with van der Waals surface area (Å²) in [6.45, 7) is 2.22. The maximum atomic E-state index is 12.8. The second kappa shape index (κ2) is 10.0. The summed E-state index contributed by atoms with van der Waals surface area (Å²) in [5.74, 6) is 0.398. The SMILES string of the molecule is CNC(=O)c1cc(Oc2ccc(C)cc2CN(C)C(=O)Sc2nnnn2C)c2ccccc2c1O. The Morgan fingerprint density at radius 1 is 1.14 bits per heavy atom. The van der Waals surface area contributed by atoms with E-state index in [0.29, 0.717) is 27.4 Å². The van der Waals surface area contributed by atoms with Crippen LogP contribution in [0.1, 0.15) is 21.5 Å². The van der Waals surface area contributed by atoms with Gasteiger partial charge in [-0.3, -0.25) is 9.59 Å². The van der Waals surface area contributed by atoms with E-state index in [9.17, 15) is 14.7 Å². The monoisotopic (exact) mass is 492 g/mol. The van der Waals surface area contributed by atoms with Crippen LogP contribution in [0.25, 0.3) is 10.8 Å². The van der Waals surface area contributed by atoms with Gasteiger partial charge in [0.1, 0.15) is 17.2 Å². The van der Waals surface area contributed by atoms with Crippen LogP contribution in [0.5, 0.6) is 17.2 Å². The first-order valence-corrected chi connectivity index (χ1v) is 11.5.